The van der Waals surface area contributed by atoms with Gasteiger partial charge in [-0.2, -0.15) is 0 Å². The number of nitrogen functional groups attached to an aromatic ring is 1. The standard InChI is InChI=1S/C16H24N2/c1-2-9-18(11-12-3-4-12)16-8-5-13-10-14(17)6-7-15(13)16/h6-7,10,12,16H,2-5,8-9,11,17H2,1H3. The zero-order valence-electron chi connectivity index (χ0n) is 11.4. The van der Waals surface area contributed by atoms with Crippen LogP contribution < -0.4 is 5.73 Å². The summed E-state index contributed by atoms with van der Waals surface area (Å²) in [6.45, 7) is 4.84. The Bertz CT molecular complexity index is 423. The molecular weight excluding hydrogens is 220 g/mol. The van der Waals surface area contributed by atoms with Gasteiger partial charge in [0.25, 0.3) is 0 Å². The second kappa shape index (κ2) is 4.93. The van der Waals surface area contributed by atoms with E-state index in [0.29, 0.717) is 6.04 Å². The van der Waals surface area contributed by atoms with Crippen LogP contribution in [-0.4, -0.2) is 18.0 Å². The van der Waals surface area contributed by atoms with E-state index in [0.717, 1.165) is 11.6 Å². The van der Waals surface area contributed by atoms with Crippen LogP contribution in [0.1, 0.15) is 49.8 Å². The molecule has 98 valence electrons. The van der Waals surface area contributed by atoms with Gasteiger partial charge in [-0.05, 0) is 67.8 Å². The van der Waals surface area contributed by atoms with Crippen LogP contribution in [0.15, 0.2) is 18.2 Å². The predicted octanol–water partition coefficient (Wildman–Crippen LogP) is 3.38. The molecule has 0 saturated heterocycles. The average Bonchev–Trinajstić information content (AvgIpc) is 3.07. The van der Waals surface area contributed by atoms with Crippen LogP contribution in [-0.2, 0) is 6.42 Å². The van der Waals surface area contributed by atoms with E-state index in [9.17, 15) is 0 Å². The fourth-order valence-electron chi connectivity index (χ4n) is 3.29. The smallest absolute Gasteiger partial charge is 0.0354 e. The maximum Gasteiger partial charge on any atom is 0.0354 e. The summed E-state index contributed by atoms with van der Waals surface area (Å²) in [5, 5.41) is 0. The van der Waals surface area contributed by atoms with Crippen LogP contribution in [0.5, 0.6) is 0 Å². The molecule has 2 aliphatic rings. The van der Waals surface area contributed by atoms with Crippen molar-refractivity contribution < 1.29 is 0 Å². The Kier molecular flexibility index (Phi) is 3.29. The molecule has 2 aliphatic carbocycles. The molecule has 0 bridgehead atoms. The molecule has 1 aromatic rings. The molecule has 0 heterocycles. The maximum absolute atomic E-state index is 5.89. The first kappa shape index (κ1) is 12.0. The van der Waals surface area contributed by atoms with E-state index in [1.165, 1.54) is 50.8 Å². The molecule has 2 N–H and O–H groups in total. The lowest BCUT2D eigenvalue weighted by atomic mass is 10.1. The SMILES string of the molecule is CCCN(CC1CC1)C1CCc2cc(N)ccc21. The summed E-state index contributed by atoms with van der Waals surface area (Å²) >= 11 is 0. The minimum Gasteiger partial charge on any atom is -0.399 e. The van der Waals surface area contributed by atoms with Gasteiger partial charge >= 0.3 is 0 Å². The maximum atomic E-state index is 5.89. The largest absolute Gasteiger partial charge is 0.399 e. The van der Waals surface area contributed by atoms with Crippen molar-refractivity contribution in [1.82, 2.24) is 4.90 Å². The summed E-state index contributed by atoms with van der Waals surface area (Å²) in [5.74, 6) is 0.981. The Morgan fingerprint density at radius 2 is 2.11 bits per heavy atom. The van der Waals surface area contributed by atoms with E-state index in [1.54, 1.807) is 5.56 Å². The van der Waals surface area contributed by atoms with Crippen molar-refractivity contribution in [2.24, 2.45) is 5.92 Å². The van der Waals surface area contributed by atoms with E-state index in [2.05, 4.69) is 30.0 Å². The third-order valence-corrected chi connectivity index (χ3v) is 4.35. The van der Waals surface area contributed by atoms with Gasteiger partial charge in [-0.1, -0.05) is 13.0 Å². The molecular formula is C16H24N2. The Labute approximate surface area is 110 Å². The third kappa shape index (κ3) is 2.39. The van der Waals surface area contributed by atoms with Crippen molar-refractivity contribution in [2.75, 3.05) is 18.8 Å². The van der Waals surface area contributed by atoms with E-state index in [1.807, 2.05) is 0 Å². The fraction of sp³-hybridized carbons (Fsp3) is 0.625. The van der Waals surface area contributed by atoms with E-state index < -0.39 is 0 Å². The first-order valence-corrected chi connectivity index (χ1v) is 7.40. The zero-order chi connectivity index (χ0) is 12.5. The molecule has 0 radical (unpaired) electrons. The number of fused-ring (bicyclic) bond motifs is 1. The summed E-state index contributed by atoms with van der Waals surface area (Å²) < 4.78 is 0. The summed E-state index contributed by atoms with van der Waals surface area (Å²) in [6.07, 6.45) is 6.64. The van der Waals surface area contributed by atoms with Gasteiger partial charge in [-0.3, -0.25) is 4.90 Å². The van der Waals surface area contributed by atoms with Gasteiger partial charge in [0.15, 0.2) is 0 Å². The number of anilines is 1. The molecule has 1 saturated carbocycles. The van der Waals surface area contributed by atoms with Crippen LogP contribution in [0.4, 0.5) is 5.69 Å². The highest BCUT2D eigenvalue weighted by Gasteiger charge is 2.31. The van der Waals surface area contributed by atoms with Crippen molar-refractivity contribution in [1.29, 1.82) is 0 Å². The van der Waals surface area contributed by atoms with Crippen molar-refractivity contribution >= 4 is 5.69 Å². The van der Waals surface area contributed by atoms with E-state index in [-0.39, 0.29) is 0 Å². The minimum absolute atomic E-state index is 0.654. The number of aryl methyl sites for hydroxylation is 1. The predicted molar refractivity (Wildman–Crippen MR) is 76.5 cm³/mol. The Balaban J connectivity index is 1.79. The van der Waals surface area contributed by atoms with Crippen LogP contribution in [0.2, 0.25) is 0 Å². The van der Waals surface area contributed by atoms with Gasteiger partial charge < -0.3 is 5.73 Å². The lowest BCUT2D eigenvalue weighted by molar-refractivity contribution is 0.188. The monoisotopic (exact) mass is 244 g/mol. The normalized spacial score (nSPS) is 22.4. The molecule has 0 spiro atoms. The van der Waals surface area contributed by atoms with Gasteiger partial charge in [0, 0.05) is 18.3 Å². The Morgan fingerprint density at radius 1 is 1.28 bits per heavy atom. The second-order valence-corrected chi connectivity index (χ2v) is 5.95. The molecule has 2 heteroatoms. The molecule has 18 heavy (non-hydrogen) atoms. The van der Waals surface area contributed by atoms with Crippen LogP contribution in [0, 0.1) is 5.92 Å². The van der Waals surface area contributed by atoms with E-state index in [4.69, 9.17) is 5.73 Å². The number of hydrogen-bond acceptors (Lipinski definition) is 2. The van der Waals surface area contributed by atoms with Crippen molar-refractivity contribution in [3.63, 3.8) is 0 Å². The number of benzene rings is 1. The molecule has 1 fully saturated rings. The second-order valence-electron chi connectivity index (χ2n) is 5.95. The van der Waals surface area contributed by atoms with Gasteiger partial charge in [0.2, 0.25) is 0 Å². The lowest BCUT2D eigenvalue weighted by Crippen LogP contribution is -2.30. The van der Waals surface area contributed by atoms with Gasteiger partial charge in [-0.25, -0.2) is 0 Å². The zero-order valence-corrected chi connectivity index (χ0v) is 11.4. The molecule has 1 atom stereocenters. The minimum atomic E-state index is 0.654. The van der Waals surface area contributed by atoms with Gasteiger partial charge in [0.1, 0.15) is 0 Å². The highest BCUT2D eigenvalue weighted by Crippen LogP contribution is 2.39. The van der Waals surface area contributed by atoms with Crippen molar-refractivity contribution in [3.8, 4) is 0 Å². The summed E-state index contributed by atoms with van der Waals surface area (Å²) in [5.41, 5.74) is 9.83. The number of nitrogens with two attached hydrogens (primary N) is 1. The molecule has 0 amide bonds. The number of rotatable bonds is 5. The molecule has 0 aliphatic heterocycles. The van der Waals surface area contributed by atoms with Crippen molar-refractivity contribution in [3.05, 3.63) is 29.3 Å². The highest BCUT2D eigenvalue weighted by molar-refractivity contribution is 5.47. The number of nitrogens with zero attached hydrogens (tertiary/aromatic N) is 1. The summed E-state index contributed by atoms with van der Waals surface area (Å²) in [6, 6.07) is 7.16. The van der Waals surface area contributed by atoms with Gasteiger partial charge in [-0.15, -0.1) is 0 Å². The molecule has 1 unspecified atom stereocenters. The van der Waals surface area contributed by atoms with Crippen molar-refractivity contribution in [2.45, 2.75) is 45.1 Å². The molecule has 1 aromatic carbocycles. The first-order valence-electron chi connectivity index (χ1n) is 7.40. The van der Waals surface area contributed by atoms with E-state index >= 15 is 0 Å². The topological polar surface area (TPSA) is 29.3 Å². The van der Waals surface area contributed by atoms with Crippen LogP contribution in [0.3, 0.4) is 0 Å². The fourth-order valence-corrected chi connectivity index (χ4v) is 3.29. The first-order chi connectivity index (χ1) is 8.78. The summed E-state index contributed by atoms with van der Waals surface area (Å²) in [4.78, 5) is 2.72. The molecule has 3 rings (SSSR count). The Morgan fingerprint density at radius 3 is 2.83 bits per heavy atom. The summed E-state index contributed by atoms with van der Waals surface area (Å²) in [7, 11) is 0. The van der Waals surface area contributed by atoms with Crippen LogP contribution >= 0.6 is 0 Å². The molecule has 0 aromatic heterocycles. The highest BCUT2D eigenvalue weighted by atomic mass is 15.2. The quantitative estimate of drug-likeness (QED) is 0.805. The third-order valence-electron chi connectivity index (χ3n) is 4.35. The van der Waals surface area contributed by atoms with Gasteiger partial charge in [0.05, 0.1) is 0 Å². The average molecular weight is 244 g/mol. The lowest BCUT2D eigenvalue weighted by Gasteiger charge is -2.29. The Hall–Kier alpha value is -1.02. The van der Waals surface area contributed by atoms with Crippen LogP contribution in [0.25, 0.3) is 0 Å². The molecule has 2 nitrogen and oxygen atoms in total. The number of hydrogen-bond donors (Lipinski definition) is 1.